The Morgan fingerprint density at radius 3 is 2.37 bits per heavy atom. The van der Waals surface area contributed by atoms with Crippen LogP contribution in [0.4, 0.5) is 5.69 Å². The molecule has 9 heteroatoms. The van der Waals surface area contributed by atoms with E-state index < -0.39 is 11.8 Å². The van der Waals surface area contributed by atoms with Crippen LogP contribution in [0.25, 0.3) is 0 Å². The third kappa shape index (κ3) is 4.69. The molecular formula is C18H13ClN4O3S. The van der Waals surface area contributed by atoms with Crippen LogP contribution in [0.1, 0.15) is 30.4 Å². The van der Waals surface area contributed by atoms with Gasteiger partial charge in [-0.25, -0.2) is 0 Å². The van der Waals surface area contributed by atoms with E-state index in [0.717, 1.165) is 0 Å². The van der Waals surface area contributed by atoms with E-state index in [1.807, 2.05) is 0 Å². The van der Waals surface area contributed by atoms with Gasteiger partial charge in [-0.15, -0.1) is 11.3 Å². The zero-order valence-electron chi connectivity index (χ0n) is 13.7. The first-order chi connectivity index (χ1) is 13.0. The average Bonchev–Trinajstić information content (AvgIpc) is 3.23. The molecule has 0 bridgehead atoms. The number of hydrogen-bond acceptors (Lipinski definition) is 5. The van der Waals surface area contributed by atoms with Crippen LogP contribution in [0.3, 0.4) is 0 Å². The van der Waals surface area contributed by atoms with Crippen LogP contribution < -0.4 is 16.2 Å². The summed E-state index contributed by atoms with van der Waals surface area (Å²) in [5.74, 6) is -1.39. The Morgan fingerprint density at radius 2 is 1.70 bits per heavy atom. The largest absolute Gasteiger partial charge is 0.320 e. The lowest BCUT2D eigenvalue weighted by Crippen LogP contribution is -2.41. The van der Waals surface area contributed by atoms with Crippen LogP contribution in [0.2, 0.25) is 5.02 Å². The third-order valence-corrected chi connectivity index (χ3v) is 4.63. The zero-order chi connectivity index (χ0) is 19.2. The summed E-state index contributed by atoms with van der Waals surface area (Å²) in [5, 5.41) is 4.73. The molecule has 0 fully saturated rings. The molecular weight excluding hydrogens is 388 g/mol. The molecule has 0 radical (unpaired) electrons. The van der Waals surface area contributed by atoms with Gasteiger partial charge in [-0.05, 0) is 41.8 Å². The van der Waals surface area contributed by atoms with Gasteiger partial charge in [0.1, 0.15) is 0 Å². The summed E-state index contributed by atoms with van der Waals surface area (Å²) in [4.78, 5) is 40.7. The summed E-state index contributed by atoms with van der Waals surface area (Å²) < 4.78 is 0. The average molecular weight is 401 g/mol. The van der Waals surface area contributed by atoms with E-state index in [-0.39, 0.29) is 16.5 Å². The van der Waals surface area contributed by atoms with Crippen LogP contribution in [0.15, 0.2) is 60.2 Å². The van der Waals surface area contributed by atoms with Crippen LogP contribution in [-0.4, -0.2) is 22.7 Å². The Hall–Kier alpha value is -3.23. The number of carbonyl (C=O) groups excluding carboxylic acids is 3. The number of thiophene rings is 1. The first kappa shape index (κ1) is 18.6. The van der Waals surface area contributed by atoms with Crippen LogP contribution in [0, 0.1) is 0 Å². The van der Waals surface area contributed by atoms with Gasteiger partial charge in [-0.1, -0.05) is 17.7 Å². The number of amides is 3. The van der Waals surface area contributed by atoms with Gasteiger partial charge in [0, 0.05) is 18.0 Å². The lowest BCUT2D eigenvalue weighted by atomic mass is 10.2. The molecule has 0 aliphatic heterocycles. The number of hydrogen-bond donors (Lipinski definition) is 3. The van der Waals surface area contributed by atoms with Crippen molar-refractivity contribution in [3.05, 3.63) is 81.3 Å². The Labute approximate surface area is 163 Å². The molecule has 1 aromatic carbocycles. The first-order valence-corrected chi connectivity index (χ1v) is 8.95. The summed E-state index contributed by atoms with van der Waals surface area (Å²) in [6.45, 7) is 0. The van der Waals surface area contributed by atoms with E-state index in [4.69, 9.17) is 11.6 Å². The second-order valence-electron chi connectivity index (χ2n) is 5.28. The molecule has 7 nitrogen and oxygen atoms in total. The monoisotopic (exact) mass is 400 g/mol. The van der Waals surface area contributed by atoms with Crippen molar-refractivity contribution >= 4 is 46.3 Å². The SMILES string of the molecule is O=C(NNC(=O)c1ccc(Cl)c(NC(=O)c2cccs2)c1)c1cccnc1. The summed E-state index contributed by atoms with van der Waals surface area (Å²) in [7, 11) is 0. The quantitative estimate of drug-likeness (QED) is 0.586. The van der Waals surface area contributed by atoms with E-state index in [2.05, 4.69) is 21.2 Å². The Bertz CT molecular complexity index is 978. The lowest BCUT2D eigenvalue weighted by molar-refractivity contribution is 0.0846. The van der Waals surface area contributed by atoms with Gasteiger partial charge in [0.05, 0.1) is 21.2 Å². The number of rotatable bonds is 4. The number of pyridine rings is 1. The van der Waals surface area contributed by atoms with Crippen LogP contribution in [-0.2, 0) is 0 Å². The molecule has 3 rings (SSSR count). The molecule has 0 aliphatic rings. The number of hydrazine groups is 1. The predicted molar refractivity (Wildman–Crippen MR) is 103 cm³/mol. The highest BCUT2D eigenvalue weighted by atomic mass is 35.5. The molecule has 27 heavy (non-hydrogen) atoms. The van der Waals surface area contributed by atoms with Crippen molar-refractivity contribution in [1.29, 1.82) is 0 Å². The van der Waals surface area contributed by atoms with Crippen molar-refractivity contribution in [1.82, 2.24) is 15.8 Å². The number of halogens is 1. The van der Waals surface area contributed by atoms with Crippen LogP contribution >= 0.6 is 22.9 Å². The topological polar surface area (TPSA) is 100 Å². The highest BCUT2D eigenvalue weighted by Crippen LogP contribution is 2.24. The van der Waals surface area contributed by atoms with Gasteiger partial charge in [-0.2, -0.15) is 0 Å². The van der Waals surface area contributed by atoms with Crippen molar-refractivity contribution in [3.63, 3.8) is 0 Å². The summed E-state index contributed by atoms with van der Waals surface area (Å²) >= 11 is 7.38. The third-order valence-electron chi connectivity index (χ3n) is 3.44. The molecule has 0 atom stereocenters. The van der Waals surface area contributed by atoms with Gasteiger partial charge < -0.3 is 5.32 Å². The van der Waals surface area contributed by atoms with Crippen molar-refractivity contribution in [2.24, 2.45) is 0 Å². The summed E-state index contributed by atoms with van der Waals surface area (Å²) in [5.41, 5.74) is 5.41. The fraction of sp³-hybridized carbons (Fsp3) is 0. The normalized spacial score (nSPS) is 10.1. The fourth-order valence-electron chi connectivity index (χ4n) is 2.11. The lowest BCUT2D eigenvalue weighted by Gasteiger charge is -2.10. The zero-order valence-corrected chi connectivity index (χ0v) is 15.3. The minimum atomic E-state index is -0.560. The van der Waals surface area contributed by atoms with Crippen molar-refractivity contribution in [3.8, 4) is 0 Å². The second kappa shape index (κ2) is 8.43. The summed E-state index contributed by atoms with van der Waals surface area (Å²) in [6, 6.07) is 11.0. The Morgan fingerprint density at radius 1 is 0.926 bits per heavy atom. The van der Waals surface area contributed by atoms with Gasteiger partial charge in [0.25, 0.3) is 17.7 Å². The number of carbonyl (C=O) groups is 3. The van der Waals surface area contributed by atoms with Crippen molar-refractivity contribution in [2.45, 2.75) is 0 Å². The standard InChI is InChI=1S/C18H13ClN4O3S/c19-13-6-5-11(9-14(13)21-18(26)15-4-2-8-27-15)16(24)22-23-17(25)12-3-1-7-20-10-12/h1-10H,(H,21,26)(H,22,24)(H,23,25). The molecule has 3 N–H and O–H groups in total. The highest BCUT2D eigenvalue weighted by Gasteiger charge is 2.14. The molecule has 2 heterocycles. The van der Waals surface area contributed by atoms with Crippen LogP contribution in [0.5, 0.6) is 0 Å². The maximum Gasteiger partial charge on any atom is 0.271 e. The molecule has 0 saturated heterocycles. The molecule has 3 aromatic rings. The number of aromatic nitrogens is 1. The number of benzene rings is 1. The number of nitrogens with zero attached hydrogens (tertiary/aromatic N) is 1. The van der Waals surface area contributed by atoms with E-state index in [1.54, 1.807) is 29.6 Å². The molecule has 0 aliphatic carbocycles. The Balaban J connectivity index is 1.66. The van der Waals surface area contributed by atoms with Crippen molar-refractivity contribution < 1.29 is 14.4 Å². The molecule has 3 amide bonds. The molecule has 0 saturated carbocycles. The van der Waals surface area contributed by atoms with E-state index in [1.165, 1.54) is 41.9 Å². The molecule has 0 spiro atoms. The van der Waals surface area contributed by atoms with Gasteiger partial charge >= 0.3 is 0 Å². The smallest absolute Gasteiger partial charge is 0.271 e. The fourth-order valence-corrected chi connectivity index (χ4v) is 2.89. The predicted octanol–water partition coefficient (Wildman–Crippen LogP) is 3.12. The summed E-state index contributed by atoms with van der Waals surface area (Å²) in [6.07, 6.45) is 2.91. The van der Waals surface area contributed by atoms with Gasteiger partial charge in [0.15, 0.2) is 0 Å². The van der Waals surface area contributed by atoms with Gasteiger partial charge in [0.2, 0.25) is 0 Å². The minimum absolute atomic E-state index is 0.215. The second-order valence-corrected chi connectivity index (χ2v) is 6.63. The Kier molecular flexibility index (Phi) is 5.80. The molecule has 0 unspecified atom stereocenters. The maximum atomic E-state index is 12.3. The molecule has 2 aromatic heterocycles. The molecule has 136 valence electrons. The van der Waals surface area contributed by atoms with E-state index in [0.29, 0.717) is 16.1 Å². The minimum Gasteiger partial charge on any atom is -0.320 e. The number of nitrogens with one attached hydrogen (secondary N) is 3. The first-order valence-electron chi connectivity index (χ1n) is 7.69. The van der Waals surface area contributed by atoms with Crippen molar-refractivity contribution in [2.75, 3.05) is 5.32 Å². The van der Waals surface area contributed by atoms with Gasteiger partial charge in [-0.3, -0.25) is 30.2 Å². The van der Waals surface area contributed by atoms with E-state index in [9.17, 15) is 14.4 Å². The van der Waals surface area contributed by atoms with E-state index >= 15 is 0 Å². The highest BCUT2D eigenvalue weighted by molar-refractivity contribution is 7.12. The number of anilines is 1. The maximum absolute atomic E-state index is 12.3.